The Kier molecular flexibility index (Phi) is 11.5. The molecule has 7 N–H and O–H groups in total. The van der Waals surface area contributed by atoms with Crippen molar-refractivity contribution in [1.29, 1.82) is 5.41 Å². The summed E-state index contributed by atoms with van der Waals surface area (Å²) in [5, 5.41) is 16.7. The minimum atomic E-state index is -5.08. The van der Waals surface area contributed by atoms with Gasteiger partial charge in [0.25, 0.3) is 0 Å². The number of amides is 1. The van der Waals surface area contributed by atoms with Gasteiger partial charge in [0.05, 0.1) is 18.8 Å². The van der Waals surface area contributed by atoms with Gasteiger partial charge in [0, 0.05) is 12.2 Å². The highest BCUT2D eigenvalue weighted by molar-refractivity contribution is 7.91. The number of nitrogens with one attached hydrogen (secondary N) is 4. The molecule has 0 saturated carbocycles. The second-order valence-corrected chi connectivity index (χ2v) is 8.46. The molecule has 192 valence electrons. The van der Waals surface area contributed by atoms with Gasteiger partial charge >= 0.3 is 12.1 Å². The van der Waals surface area contributed by atoms with Crippen LogP contribution in [0.2, 0.25) is 0 Å². The molecule has 0 heterocycles. The summed E-state index contributed by atoms with van der Waals surface area (Å²) >= 11 is 0. The Morgan fingerprint density at radius 2 is 1.66 bits per heavy atom. The molecule has 0 spiro atoms. The fraction of sp³-hybridized carbons (Fsp3) is 0.250. The van der Waals surface area contributed by atoms with Gasteiger partial charge in [-0.1, -0.05) is 42.5 Å². The number of halogens is 3. The summed E-state index contributed by atoms with van der Waals surface area (Å²) in [6.45, 7) is 0.382. The number of hydrogen-bond donors (Lipinski definition) is 6. The number of guanidine groups is 1. The first-order valence-electron chi connectivity index (χ1n) is 9.70. The number of sulfonamides is 1. The van der Waals surface area contributed by atoms with Crippen molar-refractivity contribution < 1.29 is 41.1 Å². The highest BCUT2D eigenvalue weighted by atomic mass is 32.2. The lowest BCUT2D eigenvalue weighted by atomic mass is 10.1. The predicted octanol–water partition coefficient (Wildman–Crippen LogP) is 1.34. The molecular weight excluding hydrogens is 495 g/mol. The predicted molar refractivity (Wildman–Crippen MR) is 121 cm³/mol. The van der Waals surface area contributed by atoms with E-state index in [0.717, 1.165) is 0 Å². The molecule has 0 aromatic heterocycles. The monoisotopic (exact) mass is 519 g/mol. The number of carboxylic acid groups (broad SMARTS) is 1. The first-order chi connectivity index (χ1) is 16.3. The van der Waals surface area contributed by atoms with Gasteiger partial charge in [-0.15, -0.1) is 0 Å². The highest BCUT2D eigenvalue weighted by Gasteiger charge is 2.38. The second-order valence-electron chi connectivity index (χ2n) is 6.74. The quantitative estimate of drug-likeness (QED) is 0.118. The maximum absolute atomic E-state index is 12.3. The Balaban J connectivity index is 0.000000762. The lowest BCUT2D eigenvalue weighted by Crippen LogP contribution is -2.34. The van der Waals surface area contributed by atoms with Crippen molar-refractivity contribution >= 4 is 33.5 Å². The fourth-order valence-corrected chi connectivity index (χ4v) is 3.56. The van der Waals surface area contributed by atoms with Gasteiger partial charge in [0.15, 0.2) is 0 Å². The highest BCUT2D eigenvalue weighted by Crippen LogP contribution is 2.15. The molecule has 2 aromatic carbocycles. The molecule has 0 bridgehead atoms. The Bertz CT molecular complexity index is 1100. The molecule has 0 fully saturated rings. The number of hydroxylamine groups is 1. The van der Waals surface area contributed by atoms with E-state index in [1.165, 1.54) is 0 Å². The van der Waals surface area contributed by atoms with E-state index in [0.29, 0.717) is 16.8 Å². The normalized spacial score (nSPS) is 10.9. The zero-order valence-corrected chi connectivity index (χ0v) is 18.9. The molecule has 35 heavy (non-hydrogen) atoms. The van der Waals surface area contributed by atoms with Crippen LogP contribution >= 0.6 is 0 Å². The van der Waals surface area contributed by atoms with Crippen LogP contribution in [-0.2, 0) is 36.6 Å². The summed E-state index contributed by atoms with van der Waals surface area (Å²) in [4.78, 5) is 25.7. The number of anilines is 1. The third-order valence-electron chi connectivity index (χ3n) is 3.72. The third-order valence-corrected chi connectivity index (χ3v) is 4.98. The summed E-state index contributed by atoms with van der Waals surface area (Å²) < 4.78 is 58.9. The number of alkyl halides is 3. The average molecular weight is 520 g/mol. The van der Waals surface area contributed by atoms with E-state index in [1.807, 2.05) is 6.07 Å². The Hall–Kier alpha value is -3.85. The van der Waals surface area contributed by atoms with E-state index in [2.05, 4.69) is 15.5 Å². The molecule has 0 unspecified atom stereocenters. The molecule has 11 nitrogen and oxygen atoms in total. The maximum atomic E-state index is 12.3. The molecule has 2 aromatic rings. The number of carbonyl (C=O) groups is 2. The van der Waals surface area contributed by atoms with Crippen molar-refractivity contribution in [3.05, 3.63) is 65.7 Å². The smallest absolute Gasteiger partial charge is 0.475 e. The van der Waals surface area contributed by atoms with Crippen molar-refractivity contribution in [3.63, 3.8) is 0 Å². The van der Waals surface area contributed by atoms with Gasteiger partial charge < -0.3 is 16.2 Å². The number of hydrogen-bond acceptors (Lipinski definition) is 6. The summed E-state index contributed by atoms with van der Waals surface area (Å²) in [6, 6.07) is 15.6. The van der Waals surface area contributed by atoms with Crippen LogP contribution in [0, 0.1) is 5.41 Å². The van der Waals surface area contributed by atoms with Crippen molar-refractivity contribution in [2.24, 2.45) is 5.73 Å². The largest absolute Gasteiger partial charge is 0.490 e. The number of nitrogens with two attached hydrogens (primary N) is 1. The van der Waals surface area contributed by atoms with Gasteiger partial charge in [-0.25, -0.2) is 18.7 Å². The molecule has 1 amide bonds. The number of benzene rings is 2. The van der Waals surface area contributed by atoms with Crippen LogP contribution in [0.15, 0.2) is 54.6 Å². The van der Waals surface area contributed by atoms with Gasteiger partial charge in [-0.3, -0.25) is 19.8 Å². The fourth-order valence-electron chi connectivity index (χ4n) is 2.37. The van der Waals surface area contributed by atoms with E-state index in [1.54, 1.807) is 48.5 Å². The average Bonchev–Trinajstić information content (AvgIpc) is 2.73. The molecule has 15 heteroatoms. The minimum Gasteiger partial charge on any atom is -0.475 e. The van der Waals surface area contributed by atoms with Crippen molar-refractivity contribution in [2.75, 3.05) is 17.9 Å². The van der Waals surface area contributed by atoms with Crippen LogP contribution in [0.3, 0.4) is 0 Å². The maximum Gasteiger partial charge on any atom is 0.490 e. The SMILES string of the molecule is N=C(N)NOCCNC(=O)Cc1cccc(NS(=O)(=O)Cc2ccccc2)c1.O=C(O)C(F)(F)F. The van der Waals surface area contributed by atoms with Crippen LogP contribution in [0.25, 0.3) is 0 Å². The number of carbonyl (C=O) groups excluding carboxylic acids is 1. The summed E-state index contributed by atoms with van der Waals surface area (Å²) in [5.74, 6) is -3.45. The van der Waals surface area contributed by atoms with Gasteiger partial charge in [0.1, 0.15) is 0 Å². The van der Waals surface area contributed by atoms with Crippen LogP contribution in [0.4, 0.5) is 18.9 Å². The van der Waals surface area contributed by atoms with E-state index in [9.17, 15) is 26.4 Å². The molecule has 0 atom stereocenters. The summed E-state index contributed by atoms with van der Waals surface area (Å²) in [7, 11) is -3.56. The van der Waals surface area contributed by atoms with Crippen molar-refractivity contribution in [2.45, 2.75) is 18.3 Å². The number of aliphatic carboxylic acids is 1. The molecule has 0 aliphatic carbocycles. The minimum absolute atomic E-state index is 0.0917. The Morgan fingerprint density at radius 1 is 1.06 bits per heavy atom. The lowest BCUT2D eigenvalue weighted by molar-refractivity contribution is -0.192. The van der Waals surface area contributed by atoms with Gasteiger partial charge in [-0.2, -0.15) is 13.2 Å². The van der Waals surface area contributed by atoms with E-state index in [4.69, 9.17) is 25.9 Å². The van der Waals surface area contributed by atoms with Crippen molar-refractivity contribution in [3.8, 4) is 0 Å². The first-order valence-corrected chi connectivity index (χ1v) is 11.4. The second kappa shape index (κ2) is 13.8. The number of carboxylic acids is 1. The molecule has 0 saturated heterocycles. The molecular formula is C20H24F3N5O6S. The zero-order valence-electron chi connectivity index (χ0n) is 18.1. The Labute approximate surface area is 199 Å². The van der Waals surface area contributed by atoms with E-state index in [-0.39, 0.29) is 37.2 Å². The summed E-state index contributed by atoms with van der Waals surface area (Å²) in [5.41, 5.74) is 8.96. The topological polar surface area (TPSA) is 184 Å². The first kappa shape index (κ1) is 29.2. The molecule has 0 aliphatic heterocycles. The molecule has 0 radical (unpaired) electrons. The lowest BCUT2D eigenvalue weighted by Gasteiger charge is -2.10. The van der Waals surface area contributed by atoms with Crippen molar-refractivity contribution in [1.82, 2.24) is 10.8 Å². The van der Waals surface area contributed by atoms with Crippen LogP contribution in [-0.4, -0.2) is 50.7 Å². The Morgan fingerprint density at radius 3 is 2.23 bits per heavy atom. The van der Waals surface area contributed by atoms with Gasteiger partial charge in [-0.05, 0) is 23.3 Å². The molecule has 2 rings (SSSR count). The third kappa shape index (κ3) is 13.4. The van der Waals surface area contributed by atoms with Crippen LogP contribution in [0.5, 0.6) is 0 Å². The molecule has 0 aliphatic rings. The summed E-state index contributed by atoms with van der Waals surface area (Å²) in [6.07, 6.45) is -4.99. The van der Waals surface area contributed by atoms with E-state index < -0.39 is 22.2 Å². The standard InChI is InChI=1S/C18H23N5O4S.C2HF3O2/c19-18(20)22-27-10-9-21-17(24)12-15-7-4-8-16(11-15)23-28(25,26)13-14-5-2-1-3-6-14;3-2(4,5)1(6)7/h1-8,11,23H,9-10,12-13H2,(H,21,24)(H4,19,20,22);(H,6,7). The number of rotatable bonds is 10. The van der Waals surface area contributed by atoms with Crippen LogP contribution in [0.1, 0.15) is 11.1 Å². The van der Waals surface area contributed by atoms with Crippen LogP contribution < -0.4 is 21.3 Å². The van der Waals surface area contributed by atoms with Gasteiger partial charge in [0.2, 0.25) is 21.9 Å². The van der Waals surface area contributed by atoms with E-state index >= 15 is 0 Å². The zero-order chi connectivity index (χ0) is 26.5.